The first-order valence-corrected chi connectivity index (χ1v) is 8.87. The molecule has 2 N–H and O–H groups in total. The predicted octanol–water partition coefficient (Wildman–Crippen LogP) is 2.40. The summed E-state index contributed by atoms with van der Waals surface area (Å²) in [6, 6.07) is 4.83. The molecule has 124 valence electrons. The van der Waals surface area contributed by atoms with E-state index >= 15 is 0 Å². The molecule has 7 heteroatoms. The molecule has 0 amide bonds. The van der Waals surface area contributed by atoms with Gasteiger partial charge in [-0.3, -0.25) is 4.79 Å². The molecule has 0 aliphatic heterocycles. The average Bonchev–Trinajstić information content (AvgIpc) is 2.49. The number of sulfonamides is 1. The van der Waals surface area contributed by atoms with Crippen LogP contribution in [0.3, 0.4) is 0 Å². The van der Waals surface area contributed by atoms with Gasteiger partial charge in [-0.15, -0.1) is 0 Å². The fourth-order valence-electron chi connectivity index (χ4n) is 1.83. The Bertz CT molecular complexity index is 568. The van der Waals surface area contributed by atoms with E-state index in [0.29, 0.717) is 18.8 Å². The molecule has 0 radical (unpaired) electrons. The summed E-state index contributed by atoms with van der Waals surface area (Å²) in [6.45, 7) is 4.45. The molecule has 22 heavy (non-hydrogen) atoms. The normalized spacial score (nSPS) is 12.8. The molecule has 6 nitrogen and oxygen atoms in total. The Labute approximate surface area is 131 Å². The molecule has 0 heterocycles. The standard InChI is InChI=1S/C15H23NO5S/c1-3-5-6-14(15(17)18)16-22(19,20)13-9-7-12(8-10-13)21-11-4-2/h7-10,14,16H,3-6,11H2,1-2H3,(H,17,18). The number of carboxylic acids is 1. The van der Waals surface area contributed by atoms with Gasteiger partial charge in [-0.1, -0.05) is 26.7 Å². The number of benzene rings is 1. The van der Waals surface area contributed by atoms with Gasteiger partial charge in [0, 0.05) is 0 Å². The third kappa shape index (κ3) is 5.65. The Morgan fingerprint density at radius 1 is 1.23 bits per heavy atom. The minimum absolute atomic E-state index is 0.0269. The molecule has 0 aliphatic carbocycles. The van der Waals surface area contributed by atoms with E-state index in [2.05, 4.69) is 4.72 Å². The Hall–Kier alpha value is -1.60. The number of hydrogen-bond donors (Lipinski definition) is 2. The Kier molecular flexibility index (Phi) is 7.34. The van der Waals surface area contributed by atoms with Gasteiger partial charge in [-0.25, -0.2) is 8.42 Å². The number of aliphatic carboxylic acids is 1. The minimum Gasteiger partial charge on any atom is -0.494 e. The van der Waals surface area contributed by atoms with Crippen molar-refractivity contribution < 1.29 is 23.1 Å². The van der Waals surface area contributed by atoms with Crippen LogP contribution >= 0.6 is 0 Å². The van der Waals surface area contributed by atoms with Gasteiger partial charge in [0.2, 0.25) is 10.0 Å². The molecule has 1 aromatic rings. The van der Waals surface area contributed by atoms with Crippen molar-refractivity contribution in [2.75, 3.05) is 6.61 Å². The van der Waals surface area contributed by atoms with Crippen LogP contribution in [0.2, 0.25) is 0 Å². The third-order valence-electron chi connectivity index (χ3n) is 3.05. The number of unbranched alkanes of at least 4 members (excludes halogenated alkanes) is 1. The lowest BCUT2D eigenvalue weighted by Gasteiger charge is -2.14. The summed E-state index contributed by atoms with van der Waals surface area (Å²) in [6.07, 6.45) is 2.57. The first-order chi connectivity index (χ1) is 10.4. The summed E-state index contributed by atoms with van der Waals surface area (Å²) >= 11 is 0. The van der Waals surface area contributed by atoms with E-state index in [1.165, 1.54) is 12.1 Å². The van der Waals surface area contributed by atoms with Crippen LogP contribution in [0, 0.1) is 0 Å². The van der Waals surface area contributed by atoms with Gasteiger partial charge in [-0.05, 0) is 37.1 Å². The van der Waals surface area contributed by atoms with Gasteiger partial charge in [-0.2, -0.15) is 4.72 Å². The molecule has 0 saturated carbocycles. The van der Waals surface area contributed by atoms with Crippen LogP contribution in [0.5, 0.6) is 5.75 Å². The number of rotatable bonds is 10. The van der Waals surface area contributed by atoms with Gasteiger partial charge < -0.3 is 9.84 Å². The van der Waals surface area contributed by atoms with Gasteiger partial charge in [0.15, 0.2) is 0 Å². The molecule has 1 aromatic carbocycles. The molecule has 0 aliphatic rings. The zero-order valence-electron chi connectivity index (χ0n) is 12.9. The SMILES string of the molecule is CCCCC(NS(=O)(=O)c1ccc(OCCC)cc1)C(=O)O. The Morgan fingerprint density at radius 2 is 1.86 bits per heavy atom. The predicted molar refractivity (Wildman–Crippen MR) is 83.5 cm³/mol. The highest BCUT2D eigenvalue weighted by Gasteiger charge is 2.24. The minimum atomic E-state index is -3.86. The smallest absolute Gasteiger partial charge is 0.321 e. The van der Waals surface area contributed by atoms with E-state index in [-0.39, 0.29) is 11.3 Å². The molecular formula is C15H23NO5S. The first-order valence-electron chi connectivity index (χ1n) is 7.38. The second-order valence-electron chi connectivity index (χ2n) is 4.97. The van der Waals surface area contributed by atoms with Crippen LogP contribution < -0.4 is 9.46 Å². The lowest BCUT2D eigenvalue weighted by atomic mass is 10.1. The van der Waals surface area contributed by atoms with Crippen molar-refractivity contribution in [1.29, 1.82) is 0 Å². The number of carbonyl (C=O) groups is 1. The van der Waals surface area contributed by atoms with Crippen LogP contribution in [0.1, 0.15) is 39.5 Å². The quantitative estimate of drug-likeness (QED) is 0.687. The second kappa shape index (κ2) is 8.75. The van der Waals surface area contributed by atoms with Crippen LogP contribution in [0.15, 0.2) is 29.2 Å². The zero-order chi connectivity index (χ0) is 16.6. The molecule has 1 atom stereocenters. The van der Waals surface area contributed by atoms with Crippen LogP contribution in [-0.4, -0.2) is 32.1 Å². The molecule has 1 rings (SSSR count). The fraction of sp³-hybridized carbons (Fsp3) is 0.533. The monoisotopic (exact) mass is 329 g/mol. The highest BCUT2D eigenvalue weighted by molar-refractivity contribution is 7.89. The molecule has 0 fully saturated rings. The van der Waals surface area contributed by atoms with Crippen molar-refractivity contribution in [3.8, 4) is 5.75 Å². The summed E-state index contributed by atoms with van der Waals surface area (Å²) in [5.74, 6) is -0.582. The number of carboxylic acid groups (broad SMARTS) is 1. The summed E-state index contributed by atoms with van der Waals surface area (Å²) in [4.78, 5) is 11.2. The van der Waals surface area contributed by atoms with E-state index in [1.54, 1.807) is 12.1 Å². The lowest BCUT2D eigenvalue weighted by Crippen LogP contribution is -2.40. The van der Waals surface area contributed by atoms with Gasteiger partial charge >= 0.3 is 5.97 Å². The van der Waals surface area contributed by atoms with Crippen molar-refractivity contribution >= 4 is 16.0 Å². The van der Waals surface area contributed by atoms with Gasteiger partial charge in [0.25, 0.3) is 0 Å². The lowest BCUT2D eigenvalue weighted by molar-refractivity contribution is -0.139. The fourth-order valence-corrected chi connectivity index (χ4v) is 3.06. The number of hydrogen-bond acceptors (Lipinski definition) is 4. The van der Waals surface area contributed by atoms with Crippen molar-refractivity contribution in [2.45, 2.75) is 50.5 Å². The van der Waals surface area contributed by atoms with E-state index < -0.39 is 22.0 Å². The van der Waals surface area contributed by atoms with Crippen molar-refractivity contribution in [2.24, 2.45) is 0 Å². The number of nitrogens with one attached hydrogen (secondary N) is 1. The van der Waals surface area contributed by atoms with Gasteiger partial charge in [0.1, 0.15) is 11.8 Å². The summed E-state index contributed by atoms with van der Waals surface area (Å²) < 4.78 is 32.1. The van der Waals surface area contributed by atoms with E-state index in [9.17, 15) is 13.2 Å². The Balaban J connectivity index is 2.81. The van der Waals surface area contributed by atoms with Crippen LogP contribution in [0.25, 0.3) is 0 Å². The summed E-state index contributed by atoms with van der Waals surface area (Å²) in [5.41, 5.74) is 0. The van der Waals surface area contributed by atoms with E-state index in [1.807, 2.05) is 13.8 Å². The number of ether oxygens (including phenoxy) is 1. The maximum Gasteiger partial charge on any atom is 0.321 e. The van der Waals surface area contributed by atoms with E-state index in [0.717, 1.165) is 12.8 Å². The van der Waals surface area contributed by atoms with Crippen LogP contribution in [0.4, 0.5) is 0 Å². The molecular weight excluding hydrogens is 306 g/mol. The second-order valence-corrected chi connectivity index (χ2v) is 6.69. The zero-order valence-corrected chi connectivity index (χ0v) is 13.7. The van der Waals surface area contributed by atoms with Gasteiger partial charge in [0.05, 0.1) is 11.5 Å². The highest BCUT2D eigenvalue weighted by Crippen LogP contribution is 2.17. The average molecular weight is 329 g/mol. The largest absolute Gasteiger partial charge is 0.494 e. The van der Waals surface area contributed by atoms with E-state index in [4.69, 9.17) is 9.84 Å². The first kappa shape index (κ1) is 18.4. The molecule has 0 saturated heterocycles. The van der Waals surface area contributed by atoms with Crippen molar-refractivity contribution in [1.82, 2.24) is 4.72 Å². The Morgan fingerprint density at radius 3 is 2.36 bits per heavy atom. The van der Waals surface area contributed by atoms with Crippen molar-refractivity contribution in [3.05, 3.63) is 24.3 Å². The van der Waals surface area contributed by atoms with Crippen LogP contribution in [-0.2, 0) is 14.8 Å². The molecule has 0 spiro atoms. The molecule has 0 aromatic heterocycles. The highest BCUT2D eigenvalue weighted by atomic mass is 32.2. The molecule has 1 unspecified atom stereocenters. The topological polar surface area (TPSA) is 92.7 Å². The molecule has 0 bridgehead atoms. The van der Waals surface area contributed by atoms with Crippen molar-refractivity contribution in [3.63, 3.8) is 0 Å². The summed E-state index contributed by atoms with van der Waals surface area (Å²) in [5, 5.41) is 9.10. The third-order valence-corrected chi connectivity index (χ3v) is 4.54. The maximum absolute atomic E-state index is 12.2. The summed E-state index contributed by atoms with van der Waals surface area (Å²) in [7, 11) is -3.86. The maximum atomic E-state index is 12.2.